The van der Waals surface area contributed by atoms with E-state index in [0.717, 1.165) is 39.4 Å². The molecule has 5 heteroatoms. The first-order valence-electron chi connectivity index (χ1n) is 11.1. The number of aliphatic imine (C=N–C) groups is 2. The molecule has 0 unspecified atom stereocenters. The Morgan fingerprint density at radius 2 is 1.21 bits per heavy atom. The summed E-state index contributed by atoms with van der Waals surface area (Å²) < 4.78 is 2.06. The van der Waals surface area contributed by atoms with Gasteiger partial charge in [-0.25, -0.2) is 15.0 Å². The van der Waals surface area contributed by atoms with Gasteiger partial charge in [0.1, 0.15) is 5.71 Å². The van der Waals surface area contributed by atoms with E-state index in [1.54, 1.807) is 0 Å². The van der Waals surface area contributed by atoms with Gasteiger partial charge in [-0.05, 0) is 42.0 Å². The van der Waals surface area contributed by atoms with Gasteiger partial charge in [0, 0.05) is 0 Å². The van der Waals surface area contributed by atoms with Crippen LogP contribution in [0, 0.1) is 0 Å². The van der Waals surface area contributed by atoms with Gasteiger partial charge in [-0.1, -0.05) is 78.9 Å². The van der Waals surface area contributed by atoms with Crippen LogP contribution in [0.1, 0.15) is 11.4 Å². The van der Waals surface area contributed by atoms with Crippen LogP contribution in [0.15, 0.2) is 125 Å². The van der Waals surface area contributed by atoms with Crippen molar-refractivity contribution in [1.82, 2.24) is 9.55 Å². The normalized spacial score (nSPS) is 16.8. The predicted molar refractivity (Wildman–Crippen MR) is 140 cm³/mol. The first kappa shape index (κ1) is 19.9. The molecule has 2 N–H and O–H groups in total. The van der Waals surface area contributed by atoms with Crippen molar-refractivity contribution in [2.24, 2.45) is 15.7 Å². The number of nitrogens with two attached hydrogens (primary N) is 1. The largest absolute Gasteiger partial charge is 0.398 e. The highest BCUT2D eigenvalue weighted by molar-refractivity contribution is 6.64. The third kappa shape index (κ3) is 3.40. The van der Waals surface area contributed by atoms with Gasteiger partial charge in [-0.3, -0.25) is 4.57 Å². The van der Waals surface area contributed by atoms with Crippen molar-refractivity contribution in [3.63, 3.8) is 0 Å². The summed E-state index contributed by atoms with van der Waals surface area (Å²) in [4.78, 5) is 15.1. The summed E-state index contributed by atoms with van der Waals surface area (Å²) in [7, 11) is 0. The van der Waals surface area contributed by atoms with E-state index in [9.17, 15) is 0 Å². The molecule has 1 aliphatic rings. The van der Waals surface area contributed by atoms with Crippen molar-refractivity contribution in [2.75, 3.05) is 0 Å². The maximum absolute atomic E-state index is 6.83. The minimum absolute atomic E-state index is 0.616. The van der Waals surface area contributed by atoms with Gasteiger partial charge in [0.15, 0.2) is 11.7 Å². The van der Waals surface area contributed by atoms with Crippen LogP contribution in [0.4, 0.5) is 11.4 Å². The molecule has 0 fully saturated rings. The molecule has 0 saturated heterocycles. The summed E-state index contributed by atoms with van der Waals surface area (Å²) in [5.74, 6) is 1.44. The molecule has 4 aromatic carbocycles. The van der Waals surface area contributed by atoms with Crippen LogP contribution in [0.3, 0.4) is 0 Å². The Bertz CT molecular complexity index is 1580. The van der Waals surface area contributed by atoms with Gasteiger partial charge in [0.25, 0.3) is 0 Å². The summed E-state index contributed by atoms with van der Waals surface area (Å²) in [6.07, 6.45) is 0. The maximum Gasteiger partial charge on any atom is 0.166 e. The monoisotopic (exact) mass is 439 g/mol. The maximum atomic E-state index is 6.83. The molecule has 5 nitrogen and oxygen atoms in total. The van der Waals surface area contributed by atoms with Gasteiger partial charge in [-0.2, -0.15) is 0 Å². The van der Waals surface area contributed by atoms with Crippen molar-refractivity contribution in [3.8, 4) is 0 Å². The first-order chi connectivity index (χ1) is 16.8. The molecular weight excluding hydrogens is 418 g/mol. The van der Waals surface area contributed by atoms with Crippen LogP contribution >= 0.6 is 0 Å². The lowest BCUT2D eigenvalue weighted by atomic mass is 10.0. The second-order valence-electron chi connectivity index (χ2n) is 7.98. The average Bonchev–Trinajstić information content (AvgIpc) is 3.40. The summed E-state index contributed by atoms with van der Waals surface area (Å²) in [5.41, 5.74) is 13.3. The van der Waals surface area contributed by atoms with Crippen LogP contribution in [0.2, 0.25) is 0 Å². The van der Waals surface area contributed by atoms with Gasteiger partial charge in [0.2, 0.25) is 0 Å². The molecule has 2 heterocycles. The van der Waals surface area contributed by atoms with E-state index in [2.05, 4.69) is 4.57 Å². The molecule has 5 aromatic rings. The summed E-state index contributed by atoms with van der Waals surface area (Å²) in [6, 6.07) is 37.8. The van der Waals surface area contributed by atoms with E-state index in [4.69, 9.17) is 20.7 Å². The van der Waals surface area contributed by atoms with Crippen LogP contribution in [-0.4, -0.2) is 21.1 Å². The van der Waals surface area contributed by atoms with Crippen molar-refractivity contribution >= 4 is 45.2 Å². The topological polar surface area (TPSA) is 68.6 Å². The third-order valence-corrected chi connectivity index (χ3v) is 5.79. The molecule has 1 aliphatic heterocycles. The molecule has 34 heavy (non-hydrogen) atoms. The Labute approximate surface area is 197 Å². The van der Waals surface area contributed by atoms with E-state index < -0.39 is 0 Å². The smallest absolute Gasteiger partial charge is 0.166 e. The van der Waals surface area contributed by atoms with Gasteiger partial charge in [-0.15, -0.1) is 0 Å². The zero-order chi connectivity index (χ0) is 22.9. The van der Waals surface area contributed by atoms with Crippen molar-refractivity contribution in [2.45, 2.75) is 0 Å². The summed E-state index contributed by atoms with van der Waals surface area (Å²) in [6.45, 7) is 0. The Morgan fingerprint density at radius 1 is 0.647 bits per heavy atom. The molecule has 6 rings (SSSR count). The molecule has 0 atom stereocenters. The SMILES string of the molecule is N/C(=C1/C(=Nc2ccccc2)C(=Nc2ccccc2)n2c1nc1ccccc12)c1ccccc1. The molecule has 1 aromatic heterocycles. The fourth-order valence-electron chi connectivity index (χ4n) is 4.21. The zero-order valence-electron chi connectivity index (χ0n) is 18.3. The molecule has 0 saturated carbocycles. The predicted octanol–water partition coefficient (Wildman–Crippen LogP) is 6.23. The number of hydrogen-bond donors (Lipinski definition) is 1. The van der Waals surface area contributed by atoms with E-state index in [1.165, 1.54) is 0 Å². The Balaban J connectivity index is 1.71. The second kappa shape index (κ2) is 8.30. The molecule has 0 aliphatic carbocycles. The molecule has 0 radical (unpaired) electrons. The van der Waals surface area contributed by atoms with E-state index in [1.807, 2.05) is 115 Å². The van der Waals surface area contributed by atoms with Crippen molar-refractivity contribution in [1.29, 1.82) is 0 Å². The fraction of sp³-hybridized carbons (Fsp3) is 0. The Morgan fingerprint density at radius 3 is 1.88 bits per heavy atom. The van der Waals surface area contributed by atoms with Crippen LogP contribution in [0.25, 0.3) is 22.3 Å². The standard InChI is InChI=1S/C29H21N5/c30-26(20-12-4-1-5-13-20)25-27(31-21-14-6-2-7-15-21)29(32-22-16-8-3-9-17-22)34-24-19-11-10-18-23(24)33-28(25)34/h1-19H,30H2/b26-25-,31-27?,32-29?. The summed E-state index contributed by atoms with van der Waals surface area (Å²) in [5, 5.41) is 0. The van der Waals surface area contributed by atoms with Crippen molar-refractivity contribution in [3.05, 3.63) is 127 Å². The van der Waals surface area contributed by atoms with Gasteiger partial charge < -0.3 is 5.73 Å². The number of fused-ring (bicyclic) bond motifs is 3. The number of imidazole rings is 1. The number of benzene rings is 4. The van der Waals surface area contributed by atoms with Crippen molar-refractivity contribution < 1.29 is 0 Å². The van der Waals surface area contributed by atoms with E-state index in [-0.39, 0.29) is 0 Å². The number of para-hydroxylation sites is 4. The zero-order valence-corrected chi connectivity index (χ0v) is 18.3. The highest BCUT2D eigenvalue weighted by Crippen LogP contribution is 2.35. The minimum Gasteiger partial charge on any atom is -0.398 e. The Kier molecular flexibility index (Phi) is 4.85. The molecule has 162 valence electrons. The highest BCUT2D eigenvalue weighted by atomic mass is 15.2. The van der Waals surface area contributed by atoms with Gasteiger partial charge in [0.05, 0.1) is 33.7 Å². The average molecular weight is 440 g/mol. The lowest BCUT2D eigenvalue weighted by Crippen LogP contribution is -2.16. The van der Waals surface area contributed by atoms with Crippen LogP contribution in [-0.2, 0) is 0 Å². The van der Waals surface area contributed by atoms with Crippen LogP contribution in [0.5, 0.6) is 0 Å². The molecule has 0 bridgehead atoms. The second-order valence-corrected chi connectivity index (χ2v) is 7.98. The third-order valence-electron chi connectivity index (χ3n) is 5.79. The highest BCUT2D eigenvalue weighted by Gasteiger charge is 2.35. The van der Waals surface area contributed by atoms with E-state index >= 15 is 0 Å². The fourth-order valence-corrected chi connectivity index (χ4v) is 4.21. The minimum atomic E-state index is 0.616. The number of hydrogen-bond acceptors (Lipinski definition) is 4. The lowest BCUT2D eigenvalue weighted by molar-refractivity contribution is 1.16. The first-order valence-corrected chi connectivity index (χ1v) is 11.1. The lowest BCUT2D eigenvalue weighted by Gasteiger charge is -2.08. The van der Waals surface area contributed by atoms with E-state index in [0.29, 0.717) is 17.2 Å². The number of nitrogens with zero attached hydrogens (tertiary/aromatic N) is 4. The number of rotatable bonds is 3. The molecule has 0 spiro atoms. The van der Waals surface area contributed by atoms with Crippen LogP contribution < -0.4 is 5.73 Å². The van der Waals surface area contributed by atoms with Gasteiger partial charge >= 0.3 is 0 Å². The molecule has 0 amide bonds. The molecular formula is C29H21N5. The Hall–Kier alpha value is -4.77. The quantitative estimate of drug-likeness (QED) is 0.362. The summed E-state index contributed by atoms with van der Waals surface area (Å²) >= 11 is 0. The number of allylic oxidation sites excluding steroid dienone is 1. The number of aromatic nitrogens is 2.